The summed E-state index contributed by atoms with van der Waals surface area (Å²) in [5, 5.41) is 10.4. The predicted molar refractivity (Wildman–Crippen MR) is 137 cm³/mol. The molecule has 1 amide bonds. The molecule has 210 valence electrons. The molecule has 1 aliphatic heterocycles. The molecule has 1 aliphatic rings. The van der Waals surface area contributed by atoms with Gasteiger partial charge in [0.1, 0.15) is 5.82 Å². The van der Waals surface area contributed by atoms with Gasteiger partial charge in [-0.3, -0.25) is 9.52 Å². The van der Waals surface area contributed by atoms with Crippen molar-refractivity contribution >= 4 is 33.4 Å². The number of piperazine rings is 1. The highest BCUT2D eigenvalue weighted by Gasteiger charge is 2.38. The van der Waals surface area contributed by atoms with Crippen LogP contribution in [0.3, 0.4) is 0 Å². The maximum absolute atomic E-state index is 13.2. The number of carboxylic acids is 1. The van der Waals surface area contributed by atoms with Crippen LogP contribution in [0.15, 0.2) is 35.4 Å². The van der Waals surface area contributed by atoms with E-state index in [9.17, 15) is 26.4 Å². The van der Waals surface area contributed by atoms with Crippen LogP contribution >= 0.6 is 0 Å². The number of rotatable bonds is 7. The lowest BCUT2D eigenvalue weighted by atomic mass is 10.1. The Bertz CT molecular complexity index is 1240. The first-order valence-corrected chi connectivity index (χ1v) is 13.3. The molecule has 3 N–H and O–H groups in total. The lowest BCUT2D eigenvalue weighted by Crippen LogP contribution is -2.45. The first-order valence-electron chi connectivity index (χ1n) is 11.9. The van der Waals surface area contributed by atoms with Gasteiger partial charge in [0.15, 0.2) is 0 Å². The first kappa shape index (κ1) is 30.8. The normalized spacial score (nSPS) is 13.8. The minimum atomic E-state index is -5.08. The van der Waals surface area contributed by atoms with Crippen molar-refractivity contribution in [1.29, 1.82) is 0 Å². The van der Waals surface area contributed by atoms with Gasteiger partial charge in [0.05, 0.1) is 22.3 Å². The summed E-state index contributed by atoms with van der Waals surface area (Å²) in [5.74, 6) is -2.32. The van der Waals surface area contributed by atoms with Gasteiger partial charge in [0, 0.05) is 39.3 Å². The molecule has 1 aromatic carbocycles. The molecule has 14 heteroatoms. The number of hydrogen-bond acceptors (Lipinski definition) is 7. The molecule has 0 spiro atoms. The number of carboxylic acid groups (broad SMARTS) is 1. The van der Waals surface area contributed by atoms with Crippen molar-refractivity contribution in [2.75, 3.05) is 48.9 Å². The molecule has 0 atom stereocenters. The number of alkyl halides is 3. The van der Waals surface area contributed by atoms with Crippen molar-refractivity contribution in [1.82, 2.24) is 15.2 Å². The third-order valence-electron chi connectivity index (χ3n) is 5.69. The second-order valence-electron chi connectivity index (χ2n) is 8.49. The third-order valence-corrected chi connectivity index (χ3v) is 7.22. The van der Waals surface area contributed by atoms with E-state index in [1.54, 1.807) is 30.0 Å². The number of pyridine rings is 1. The van der Waals surface area contributed by atoms with Crippen LogP contribution in [0, 0.1) is 13.8 Å². The van der Waals surface area contributed by atoms with Crippen LogP contribution in [0.25, 0.3) is 0 Å². The number of aliphatic carboxylic acids is 1. The van der Waals surface area contributed by atoms with Crippen LogP contribution in [-0.4, -0.2) is 80.7 Å². The Morgan fingerprint density at radius 3 is 2.24 bits per heavy atom. The summed E-state index contributed by atoms with van der Waals surface area (Å²) in [5.41, 5.74) is 2.19. The fraction of sp³-hybridized carbons (Fsp3) is 0.458. The summed E-state index contributed by atoms with van der Waals surface area (Å²) >= 11 is 0. The van der Waals surface area contributed by atoms with Gasteiger partial charge in [-0.1, -0.05) is 12.1 Å². The van der Waals surface area contributed by atoms with E-state index >= 15 is 0 Å². The molecular weight excluding hydrogens is 527 g/mol. The number of aromatic nitrogens is 1. The van der Waals surface area contributed by atoms with Crippen LogP contribution in [0.2, 0.25) is 0 Å². The summed E-state index contributed by atoms with van der Waals surface area (Å²) in [6, 6.07) is 6.90. The van der Waals surface area contributed by atoms with E-state index in [1.165, 1.54) is 6.20 Å². The van der Waals surface area contributed by atoms with Gasteiger partial charge < -0.3 is 20.2 Å². The number of hydrogen-bond donors (Lipinski definition) is 3. The van der Waals surface area contributed by atoms with Crippen molar-refractivity contribution in [2.24, 2.45) is 0 Å². The Kier molecular flexibility index (Phi) is 10.5. The Balaban J connectivity index is 0.000000638. The highest BCUT2D eigenvalue weighted by atomic mass is 32.2. The molecular formula is C24H32F3N5O5S. The van der Waals surface area contributed by atoms with Gasteiger partial charge in [-0.05, 0) is 51.0 Å². The molecule has 1 saturated heterocycles. The summed E-state index contributed by atoms with van der Waals surface area (Å²) in [6.45, 7) is 11.7. The van der Waals surface area contributed by atoms with Gasteiger partial charge in [-0.25, -0.2) is 18.2 Å². The Hall–Kier alpha value is -3.39. The third kappa shape index (κ3) is 8.05. The lowest BCUT2D eigenvalue weighted by molar-refractivity contribution is -0.192. The van der Waals surface area contributed by atoms with Crippen molar-refractivity contribution in [3.8, 4) is 0 Å². The molecule has 38 heavy (non-hydrogen) atoms. The zero-order chi connectivity index (χ0) is 28.7. The summed E-state index contributed by atoms with van der Waals surface area (Å²) in [7, 11) is -3.82. The molecule has 0 bridgehead atoms. The monoisotopic (exact) mass is 559 g/mol. The molecule has 0 saturated carbocycles. The van der Waals surface area contributed by atoms with E-state index in [2.05, 4.69) is 19.9 Å². The molecule has 10 nitrogen and oxygen atoms in total. The number of benzene rings is 1. The smallest absolute Gasteiger partial charge is 0.475 e. The molecule has 3 rings (SSSR count). The number of halogens is 3. The van der Waals surface area contributed by atoms with E-state index in [0.29, 0.717) is 30.0 Å². The van der Waals surface area contributed by atoms with E-state index in [1.807, 2.05) is 26.8 Å². The van der Waals surface area contributed by atoms with E-state index < -0.39 is 22.2 Å². The van der Waals surface area contributed by atoms with Crippen LogP contribution < -0.4 is 14.9 Å². The first-order chi connectivity index (χ1) is 17.7. The van der Waals surface area contributed by atoms with Crippen LogP contribution in [0.5, 0.6) is 0 Å². The Morgan fingerprint density at radius 2 is 1.71 bits per heavy atom. The lowest BCUT2D eigenvalue weighted by Gasteiger charge is -2.31. The number of carbonyl (C=O) groups is 2. The summed E-state index contributed by atoms with van der Waals surface area (Å²) in [4.78, 5) is 30.6. The quantitative estimate of drug-likeness (QED) is 0.472. The van der Waals surface area contributed by atoms with Crippen molar-refractivity contribution in [2.45, 2.75) is 38.8 Å². The maximum atomic E-state index is 13.2. The number of nitrogens with zero attached hydrogens (tertiary/aromatic N) is 3. The van der Waals surface area contributed by atoms with Gasteiger partial charge >= 0.3 is 12.1 Å². The van der Waals surface area contributed by atoms with Gasteiger partial charge in [0.25, 0.3) is 15.9 Å². The summed E-state index contributed by atoms with van der Waals surface area (Å²) in [6.07, 6.45) is -3.60. The second kappa shape index (κ2) is 12.9. The molecule has 0 unspecified atom stereocenters. The van der Waals surface area contributed by atoms with Gasteiger partial charge in [-0.15, -0.1) is 0 Å². The average molecular weight is 560 g/mol. The maximum Gasteiger partial charge on any atom is 0.490 e. The van der Waals surface area contributed by atoms with Crippen molar-refractivity contribution in [3.63, 3.8) is 0 Å². The molecule has 2 aromatic rings. The van der Waals surface area contributed by atoms with Crippen LogP contribution in [0.4, 0.5) is 24.7 Å². The molecule has 0 radical (unpaired) electrons. The van der Waals surface area contributed by atoms with E-state index in [-0.39, 0.29) is 16.5 Å². The fourth-order valence-electron chi connectivity index (χ4n) is 3.69. The molecule has 0 aliphatic carbocycles. The van der Waals surface area contributed by atoms with Gasteiger partial charge in [0.2, 0.25) is 0 Å². The Morgan fingerprint density at radius 1 is 1.13 bits per heavy atom. The van der Waals surface area contributed by atoms with Crippen molar-refractivity contribution in [3.05, 3.63) is 47.2 Å². The highest BCUT2D eigenvalue weighted by molar-refractivity contribution is 7.92. The van der Waals surface area contributed by atoms with E-state index in [0.717, 1.165) is 31.7 Å². The number of carbonyl (C=O) groups excluding carboxylic acids is 1. The van der Waals surface area contributed by atoms with Gasteiger partial charge in [-0.2, -0.15) is 13.2 Å². The van der Waals surface area contributed by atoms with Crippen molar-refractivity contribution < 1.29 is 36.3 Å². The average Bonchev–Trinajstić information content (AvgIpc) is 2.86. The summed E-state index contributed by atoms with van der Waals surface area (Å²) < 4.78 is 60.4. The molecule has 1 aromatic heterocycles. The van der Waals surface area contributed by atoms with E-state index in [4.69, 9.17) is 9.90 Å². The number of anilines is 2. The minimum absolute atomic E-state index is 0.154. The standard InChI is InChI=1S/C22H31N5O3S.C2HF3O2/c1-5-26(6-2)22(28)19-14-18(15-24-21(19)27-11-9-23-10-12-27)25-31(29,30)20-13-16(3)7-8-17(20)4;3-2(4,5)1(6)7/h7-8,13-15,23,25H,5-6,9-12H2,1-4H3;(H,6,7). The molecule has 1 fully saturated rings. The number of sulfonamides is 1. The fourth-order valence-corrected chi connectivity index (χ4v) is 5.05. The zero-order valence-electron chi connectivity index (χ0n) is 21.6. The number of nitrogens with one attached hydrogen (secondary N) is 2. The Labute approximate surface area is 219 Å². The SMILES string of the molecule is CCN(CC)C(=O)c1cc(NS(=O)(=O)c2cc(C)ccc2C)cnc1N1CCNCC1.O=C(O)C(F)(F)F. The minimum Gasteiger partial charge on any atom is -0.475 e. The van der Waals surface area contributed by atoms with Crippen LogP contribution in [-0.2, 0) is 14.8 Å². The largest absolute Gasteiger partial charge is 0.490 e. The number of amides is 1. The second-order valence-corrected chi connectivity index (χ2v) is 10.1. The topological polar surface area (TPSA) is 132 Å². The predicted octanol–water partition coefficient (Wildman–Crippen LogP) is 3.02. The highest BCUT2D eigenvalue weighted by Crippen LogP contribution is 2.26. The molecule has 2 heterocycles. The van der Waals surface area contributed by atoms with Crippen LogP contribution in [0.1, 0.15) is 35.3 Å². The zero-order valence-corrected chi connectivity index (χ0v) is 22.4. The number of aryl methyl sites for hydroxylation is 2.